The summed E-state index contributed by atoms with van der Waals surface area (Å²) < 4.78 is 25.3. The molecule has 166 valence electrons. The van der Waals surface area contributed by atoms with Crippen molar-refractivity contribution >= 4 is 5.78 Å². The fourth-order valence-electron chi connectivity index (χ4n) is 5.83. The van der Waals surface area contributed by atoms with Crippen molar-refractivity contribution < 1.29 is 23.7 Å². The minimum absolute atomic E-state index is 0.0309. The Balaban J connectivity index is 1.49. The second kappa shape index (κ2) is 7.66. The Morgan fingerprint density at radius 3 is 2.58 bits per heavy atom. The van der Waals surface area contributed by atoms with Crippen LogP contribution in [0.5, 0.6) is 0 Å². The summed E-state index contributed by atoms with van der Waals surface area (Å²) in [6, 6.07) is 10.00. The summed E-state index contributed by atoms with van der Waals surface area (Å²) >= 11 is 0. The van der Waals surface area contributed by atoms with E-state index in [0.717, 1.165) is 24.0 Å². The van der Waals surface area contributed by atoms with Crippen LogP contribution in [0.3, 0.4) is 0 Å². The van der Waals surface area contributed by atoms with Gasteiger partial charge in [0.05, 0.1) is 6.61 Å². The number of hydrogen-bond donors (Lipinski definition) is 0. The highest BCUT2D eigenvalue weighted by atomic mass is 16.8. The van der Waals surface area contributed by atoms with E-state index in [2.05, 4.69) is 18.7 Å². The molecule has 5 nitrogen and oxygen atoms in total. The number of carbonyl (C=O) groups excluding carboxylic acids is 1. The van der Waals surface area contributed by atoms with E-state index in [-0.39, 0.29) is 11.7 Å². The van der Waals surface area contributed by atoms with Gasteiger partial charge in [-0.3, -0.25) is 4.79 Å². The van der Waals surface area contributed by atoms with Crippen LogP contribution in [-0.4, -0.2) is 35.7 Å². The molecule has 0 radical (unpaired) electrons. The van der Waals surface area contributed by atoms with Crippen molar-refractivity contribution in [3.05, 3.63) is 60.2 Å². The minimum atomic E-state index is -0.970. The molecule has 31 heavy (non-hydrogen) atoms. The molecule has 1 aromatic carbocycles. The predicted octanol–water partition coefficient (Wildman–Crippen LogP) is 4.57. The van der Waals surface area contributed by atoms with Gasteiger partial charge in [0, 0.05) is 12.3 Å². The second-order valence-electron chi connectivity index (χ2n) is 10.1. The quantitative estimate of drug-likeness (QED) is 0.601. The van der Waals surface area contributed by atoms with E-state index >= 15 is 0 Å². The van der Waals surface area contributed by atoms with Gasteiger partial charge in [0.15, 0.2) is 24.0 Å². The smallest absolute Gasteiger partial charge is 0.191 e. The first-order valence-corrected chi connectivity index (χ1v) is 11.3. The molecule has 5 heteroatoms. The maximum Gasteiger partial charge on any atom is 0.191 e. The van der Waals surface area contributed by atoms with Crippen molar-refractivity contribution in [3.8, 4) is 0 Å². The van der Waals surface area contributed by atoms with Crippen LogP contribution in [0, 0.1) is 17.8 Å². The Kier molecular flexibility index (Phi) is 5.21. The largest absolute Gasteiger partial charge is 0.364 e. The SMILES string of the molecule is C=C(C)C[C@@]1(OCc2ccccc2)[C@@H](C(=O)[C@H]2C[C@H]3C=C[C@@H]2C3)O[C@@H]2OC(C)(C)O[C@@H]21. The summed E-state index contributed by atoms with van der Waals surface area (Å²) in [5, 5.41) is 0. The van der Waals surface area contributed by atoms with Gasteiger partial charge in [0.25, 0.3) is 0 Å². The van der Waals surface area contributed by atoms with Crippen molar-refractivity contribution in [2.75, 3.05) is 0 Å². The summed E-state index contributed by atoms with van der Waals surface area (Å²) in [7, 11) is 0. The molecule has 1 saturated carbocycles. The summed E-state index contributed by atoms with van der Waals surface area (Å²) in [5.74, 6) is 0.0975. The van der Waals surface area contributed by atoms with E-state index in [9.17, 15) is 4.79 Å². The molecule has 4 aliphatic rings. The first-order chi connectivity index (χ1) is 14.8. The third kappa shape index (κ3) is 3.72. The lowest BCUT2D eigenvalue weighted by Gasteiger charge is -2.39. The molecule has 7 atom stereocenters. The molecule has 2 aliphatic heterocycles. The van der Waals surface area contributed by atoms with E-state index in [1.54, 1.807) is 0 Å². The van der Waals surface area contributed by atoms with Gasteiger partial charge in [0.1, 0.15) is 11.7 Å². The topological polar surface area (TPSA) is 54.0 Å². The minimum Gasteiger partial charge on any atom is -0.364 e. The van der Waals surface area contributed by atoms with Crippen molar-refractivity contribution in [1.29, 1.82) is 0 Å². The number of hydrogen-bond acceptors (Lipinski definition) is 5. The van der Waals surface area contributed by atoms with Gasteiger partial charge in [-0.2, -0.15) is 0 Å². The van der Waals surface area contributed by atoms with E-state index in [1.165, 1.54) is 0 Å². The number of ether oxygens (including phenoxy) is 4. The van der Waals surface area contributed by atoms with Crippen molar-refractivity contribution in [2.24, 2.45) is 17.8 Å². The van der Waals surface area contributed by atoms with Crippen molar-refractivity contribution in [1.82, 2.24) is 0 Å². The summed E-state index contributed by atoms with van der Waals surface area (Å²) in [5.41, 5.74) is 0.999. The predicted molar refractivity (Wildman–Crippen MR) is 116 cm³/mol. The van der Waals surface area contributed by atoms with Crippen LogP contribution < -0.4 is 0 Å². The number of ketones is 1. The molecule has 0 aromatic heterocycles. The Morgan fingerprint density at radius 1 is 1.16 bits per heavy atom. The second-order valence-corrected chi connectivity index (χ2v) is 10.1. The summed E-state index contributed by atoms with van der Waals surface area (Å²) in [6.45, 7) is 10.2. The highest BCUT2D eigenvalue weighted by Gasteiger charge is 2.67. The van der Waals surface area contributed by atoms with Crippen LogP contribution in [0.2, 0.25) is 0 Å². The molecule has 2 bridgehead atoms. The molecular formula is C26H32O5. The molecule has 2 heterocycles. The molecule has 2 saturated heterocycles. The Morgan fingerprint density at radius 2 is 1.94 bits per heavy atom. The third-order valence-corrected chi connectivity index (χ3v) is 7.08. The fraction of sp³-hybridized carbons (Fsp3) is 0.577. The van der Waals surface area contributed by atoms with Gasteiger partial charge in [-0.25, -0.2) is 0 Å². The highest BCUT2D eigenvalue weighted by Crippen LogP contribution is 2.51. The van der Waals surface area contributed by atoms with Gasteiger partial charge in [0.2, 0.25) is 0 Å². The zero-order valence-corrected chi connectivity index (χ0v) is 18.6. The normalized spacial score (nSPS) is 39.7. The number of Topliss-reactive ketones (excluding diaryl/α,β-unsaturated/α-hetero) is 1. The average Bonchev–Trinajstić information content (AvgIpc) is 3.47. The molecule has 0 N–H and O–H groups in total. The lowest BCUT2D eigenvalue weighted by Crippen LogP contribution is -2.55. The zero-order valence-electron chi connectivity index (χ0n) is 18.6. The van der Waals surface area contributed by atoms with Gasteiger partial charge in [-0.05, 0) is 51.0 Å². The van der Waals surface area contributed by atoms with Gasteiger partial charge in [-0.1, -0.05) is 48.1 Å². The van der Waals surface area contributed by atoms with E-state index in [4.69, 9.17) is 18.9 Å². The van der Waals surface area contributed by atoms with Crippen LogP contribution in [-0.2, 0) is 30.3 Å². The van der Waals surface area contributed by atoms with Crippen molar-refractivity contribution in [2.45, 2.75) is 76.5 Å². The number of allylic oxidation sites excluding steroid dienone is 2. The summed E-state index contributed by atoms with van der Waals surface area (Å²) in [4.78, 5) is 13.9. The fourth-order valence-corrected chi connectivity index (χ4v) is 5.83. The number of carbonyl (C=O) groups is 1. The van der Waals surface area contributed by atoms with Crippen LogP contribution in [0.1, 0.15) is 45.6 Å². The number of benzene rings is 1. The number of fused-ring (bicyclic) bond motifs is 3. The molecular weight excluding hydrogens is 392 g/mol. The molecule has 0 unspecified atom stereocenters. The molecule has 2 aliphatic carbocycles. The number of rotatable bonds is 7. The molecule has 0 amide bonds. The maximum atomic E-state index is 13.9. The summed E-state index contributed by atoms with van der Waals surface area (Å²) in [6.07, 6.45) is 5.02. The first kappa shape index (κ1) is 21.1. The average molecular weight is 425 g/mol. The Hall–Kier alpha value is -1.79. The van der Waals surface area contributed by atoms with Crippen LogP contribution >= 0.6 is 0 Å². The molecule has 1 aromatic rings. The lowest BCUT2D eigenvalue weighted by molar-refractivity contribution is -0.237. The highest BCUT2D eigenvalue weighted by molar-refractivity contribution is 5.88. The zero-order chi connectivity index (χ0) is 21.8. The third-order valence-electron chi connectivity index (χ3n) is 7.08. The maximum absolute atomic E-state index is 13.9. The monoisotopic (exact) mass is 424 g/mol. The van der Waals surface area contributed by atoms with Gasteiger partial charge < -0.3 is 18.9 Å². The Labute approximate surface area is 184 Å². The van der Waals surface area contributed by atoms with Gasteiger partial charge >= 0.3 is 0 Å². The van der Waals surface area contributed by atoms with E-state index < -0.39 is 29.9 Å². The van der Waals surface area contributed by atoms with Gasteiger partial charge in [-0.15, -0.1) is 6.58 Å². The lowest BCUT2D eigenvalue weighted by atomic mass is 9.78. The van der Waals surface area contributed by atoms with Crippen LogP contribution in [0.25, 0.3) is 0 Å². The molecule has 5 rings (SSSR count). The van der Waals surface area contributed by atoms with E-state index in [1.807, 2.05) is 51.1 Å². The van der Waals surface area contributed by atoms with E-state index in [0.29, 0.717) is 24.9 Å². The molecule has 0 spiro atoms. The van der Waals surface area contributed by atoms with Crippen LogP contribution in [0.15, 0.2) is 54.6 Å². The van der Waals surface area contributed by atoms with Crippen molar-refractivity contribution in [3.63, 3.8) is 0 Å². The Bertz CT molecular complexity index is 890. The van der Waals surface area contributed by atoms with Crippen LogP contribution in [0.4, 0.5) is 0 Å². The standard InChI is InChI=1S/C26H32O5/c1-16(2)14-26(28-15-17-8-6-5-7-9-17)22(29-24-23(26)30-25(3,4)31-24)21(27)20-13-18-10-11-19(20)12-18/h5-11,18-20,22-24H,1,12-15H2,2-4H3/t18-,19+,20-,22+,23-,24+,26+/m0/s1. The first-order valence-electron chi connectivity index (χ1n) is 11.3. The molecule has 3 fully saturated rings.